The monoisotopic (exact) mass is 348 g/mol. The summed E-state index contributed by atoms with van der Waals surface area (Å²) in [4.78, 5) is 16.6. The summed E-state index contributed by atoms with van der Waals surface area (Å²) in [6.07, 6.45) is 3.87. The Hall–Kier alpha value is -1.42. The molecule has 1 aromatic heterocycles. The van der Waals surface area contributed by atoms with Crippen LogP contribution < -0.4 is 5.32 Å². The van der Waals surface area contributed by atoms with Crippen LogP contribution in [-0.2, 0) is 0 Å². The van der Waals surface area contributed by atoms with Gasteiger partial charge in [0, 0.05) is 23.5 Å². The number of aromatic nitrogens is 1. The Kier molecular flexibility index (Phi) is 5.34. The molecule has 0 aliphatic carbocycles. The van der Waals surface area contributed by atoms with E-state index in [9.17, 15) is 4.79 Å². The van der Waals surface area contributed by atoms with Gasteiger partial charge in [-0.15, -0.1) is 0 Å². The molecule has 0 aliphatic rings. The molecule has 2 aromatic rings. The summed E-state index contributed by atoms with van der Waals surface area (Å²) in [7, 11) is 0. The second-order valence-corrected chi connectivity index (χ2v) is 6.81. The fourth-order valence-electron chi connectivity index (χ4n) is 2.34. The standard InChI is InChI=1S/C17H21BrN2O/c1-17(2,9-5-10-18)12-20-16(21)15-14-7-4-3-6-13(14)8-11-19-15/h3-4,6-8,11H,5,9-10,12H2,1-2H3,(H,20,21). The topological polar surface area (TPSA) is 42.0 Å². The fraction of sp³-hybridized carbons (Fsp3) is 0.412. The lowest BCUT2D eigenvalue weighted by atomic mass is 9.88. The molecule has 21 heavy (non-hydrogen) atoms. The minimum atomic E-state index is -0.0984. The van der Waals surface area contributed by atoms with Crippen molar-refractivity contribution >= 4 is 32.6 Å². The van der Waals surface area contributed by atoms with E-state index >= 15 is 0 Å². The van der Waals surface area contributed by atoms with E-state index in [0.29, 0.717) is 12.2 Å². The Balaban J connectivity index is 2.09. The van der Waals surface area contributed by atoms with E-state index in [0.717, 1.165) is 28.9 Å². The van der Waals surface area contributed by atoms with Crippen LogP contribution in [0.5, 0.6) is 0 Å². The third-order valence-corrected chi connectivity index (χ3v) is 4.16. The van der Waals surface area contributed by atoms with Gasteiger partial charge in [0.05, 0.1) is 0 Å². The lowest BCUT2D eigenvalue weighted by Crippen LogP contribution is -2.34. The maximum atomic E-state index is 12.4. The van der Waals surface area contributed by atoms with Gasteiger partial charge in [-0.25, -0.2) is 0 Å². The van der Waals surface area contributed by atoms with Crippen LogP contribution >= 0.6 is 15.9 Å². The van der Waals surface area contributed by atoms with E-state index < -0.39 is 0 Å². The van der Waals surface area contributed by atoms with E-state index in [-0.39, 0.29) is 11.3 Å². The number of rotatable bonds is 6. The zero-order chi connectivity index (χ0) is 15.3. The number of pyridine rings is 1. The van der Waals surface area contributed by atoms with Gasteiger partial charge < -0.3 is 5.32 Å². The van der Waals surface area contributed by atoms with Gasteiger partial charge in [-0.1, -0.05) is 54.0 Å². The molecular formula is C17H21BrN2O. The summed E-state index contributed by atoms with van der Waals surface area (Å²) in [6.45, 7) is 5.00. The van der Waals surface area contributed by atoms with Gasteiger partial charge in [0.1, 0.15) is 5.69 Å². The summed E-state index contributed by atoms with van der Waals surface area (Å²) in [5.41, 5.74) is 0.595. The Morgan fingerprint density at radius 1 is 1.29 bits per heavy atom. The zero-order valence-corrected chi connectivity index (χ0v) is 14.1. The Bertz CT molecular complexity index is 620. The number of benzene rings is 1. The first-order valence-electron chi connectivity index (χ1n) is 7.21. The first-order valence-corrected chi connectivity index (χ1v) is 8.33. The molecule has 112 valence electrons. The molecule has 1 N–H and O–H groups in total. The van der Waals surface area contributed by atoms with Crippen molar-refractivity contribution in [1.29, 1.82) is 0 Å². The SMILES string of the molecule is CC(C)(CCCBr)CNC(=O)c1nccc2ccccc12. The lowest BCUT2D eigenvalue weighted by molar-refractivity contribution is 0.0931. The van der Waals surface area contributed by atoms with Crippen molar-refractivity contribution in [2.24, 2.45) is 5.41 Å². The lowest BCUT2D eigenvalue weighted by Gasteiger charge is -2.24. The molecular weight excluding hydrogens is 328 g/mol. The molecule has 1 aromatic carbocycles. The predicted octanol–water partition coefficient (Wildman–Crippen LogP) is 4.17. The number of carbonyl (C=O) groups is 1. The van der Waals surface area contributed by atoms with Crippen molar-refractivity contribution in [2.45, 2.75) is 26.7 Å². The minimum absolute atomic E-state index is 0.0913. The number of hydrogen-bond acceptors (Lipinski definition) is 2. The average Bonchev–Trinajstić information content (AvgIpc) is 2.50. The van der Waals surface area contributed by atoms with Gasteiger partial charge in [0.15, 0.2) is 0 Å². The van der Waals surface area contributed by atoms with Gasteiger partial charge in [-0.2, -0.15) is 0 Å². The van der Waals surface area contributed by atoms with E-state index in [1.165, 1.54) is 0 Å². The molecule has 0 saturated heterocycles. The van der Waals surface area contributed by atoms with Crippen LogP contribution in [0.25, 0.3) is 10.8 Å². The quantitative estimate of drug-likeness (QED) is 0.796. The van der Waals surface area contributed by atoms with Crippen molar-refractivity contribution in [3.05, 3.63) is 42.2 Å². The number of nitrogens with zero attached hydrogens (tertiary/aromatic N) is 1. The molecule has 0 bridgehead atoms. The number of halogens is 1. The highest BCUT2D eigenvalue weighted by Crippen LogP contribution is 2.22. The molecule has 4 heteroatoms. The first-order chi connectivity index (χ1) is 10.0. The Morgan fingerprint density at radius 3 is 2.81 bits per heavy atom. The van der Waals surface area contributed by atoms with E-state index in [1.807, 2.05) is 30.3 Å². The molecule has 0 unspecified atom stereocenters. The van der Waals surface area contributed by atoms with Crippen molar-refractivity contribution in [1.82, 2.24) is 10.3 Å². The molecule has 0 spiro atoms. The van der Waals surface area contributed by atoms with E-state index in [1.54, 1.807) is 6.20 Å². The average molecular weight is 349 g/mol. The molecule has 2 rings (SSSR count). The summed E-state index contributed by atoms with van der Waals surface area (Å²) in [5, 5.41) is 5.96. The largest absolute Gasteiger partial charge is 0.350 e. The second kappa shape index (κ2) is 7.03. The van der Waals surface area contributed by atoms with Crippen LogP contribution in [0.3, 0.4) is 0 Å². The number of carbonyl (C=O) groups excluding carboxylic acids is 1. The fourth-order valence-corrected chi connectivity index (χ4v) is 2.62. The van der Waals surface area contributed by atoms with Crippen LogP contribution in [-0.4, -0.2) is 22.8 Å². The Labute approximate surface area is 134 Å². The van der Waals surface area contributed by atoms with E-state index in [4.69, 9.17) is 0 Å². The van der Waals surface area contributed by atoms with Crippen molar-refractivity contribution in [3.63, 3.8) is 0 Å². The predicted molar refractivity (Wildman–Crippen MR) is 90.9 cm³/mol. The summed E-state index contributed by atoms with van der Waals surface area (Å²) < 4.78 is 0. The number of nitrogens with one attached hydrogen (secondary N) is 1. The van der Waals surface area contributed by atoms with Crippen molar-refractivity contribution in [2.75, 3.05) is 11.9 Å². The molecule has 1 amide bonds. The summed E-state index contributed by atoms with van der Waals surface area (Å²) in [6, 6.07) is 9.75. The highest BCUT2D eigenvalue weighted by Gasteiger charge is 2.19. The molecule has 0 aliphatic heterocycles. The maximum absolute atomic E-state index is 12.4. The molecule has 0 radical (unpaired) electrons. The number of amides is 1. The third-order valence-electron chi connectivity index (χ3n) is 3.60. The van der Waals surface area contributed by atoms with Crippen molar-refractivity contribution in [3.8, 4) is 0 Å². The maximum Gasteiger partial charge on any atom is 0.270 e. The van der Waals surface area contributed by atoms with Gasteiger partial charge in [-0.05, 0) is 29.7 Å². The van der Waals surface area contributed by atoms with Crippen molar-refractivity contribution < 1.29 is 4.79 Å². The molecule has 0 saturated carbocycles. The van der Waals surface area contributed by atoms with Gasteiger partial charge >= 0.3 is 0 Å². The molecule has 0 atom stereocenters. The normalized spacial score (nSPS) is 11.6. The van der Waals surface area contributed by atoms with Gasteiger partial charge in [0.25, 0.3) is 5.91 Å². The third kappa shape index (κ3) is 4.27. The summed E-state index contributed by atoms with van der Waals surface area (Å²) >= 11 is 3.45. The van der Waals surface area contributed by atoms with Crippen LogP contribution in [0, 0.1) is 5.41 Å². The van der Waals surface area contributed by atoms with E-state index in [2.05, 4.69) is 40.1 Å². The van der Waals surface area contributed by atoms with Crippen LogP contribution in [0.2, 0.25) is 0 Å². The van der Waals surface area contributed by atoms with Crippen LogP contribution in [0.4, 0.5) is 0 Å². The minimum Gasteiger partial charge on any atom is -0.350 e. The first kappa shape index (κ1) is 16.0. The highest BCUT2D eigenvalue weighted by atomic mass is 79.9. The summed E-state index contributed by atoms with van der Waals surface area (Å²) in [5.74, 6) is -0.0984. The molecule has 3 nitrogen and oxygen atoms in total. The van der Waals surface area contributed by atoms with Crippen LogP contribution in [0.15, 0.2) is 36.5 Å². The number of fused-ring (bicyclic) bond motifs is 1. The molecule has 1 heterocycles. The van der Waals surface area contributed by atoms with Crippen LogP contribution in [0.1, 0.15) is 37.2 Å². The molecule has 0 fully saturated rings. The number of alkyl halides is 1. The Morgan fingerprint density at radius 2 is 2.05 bits per heavy atom. The second-order valence-electron chi connectivity index (χ2n) is 6.02. The van der Waals surface area contributed by atoms with Gasteiger partial charge in [0.2, 0.25) is 0 Å². The zero-order valence-electron chi connectivity index (χ0n) is 12.5. The number of hydrogen-bond donors (Lipinski definition) is 1. The highest BCUT2D eigenvalue weighted by molar-refractivity contribution is 9.09. The van der Waals surface area contributed by atoms with Gasteiger partial charge in [-0.3, -0.25) is 9.78 Å². The smallest absolute Gasteiger partial charge is 0.270 e.